The standard InChI is InChI=1S/C21H14N4O2/c1-13-8-16(6-7-17(13)21(26)27)18-12-25-19(10-24-20(25)11-23-18)15-4-2-14(9-22)3-5-15/h2-8,10-12H,1H3,(H,26,27). The van der Waals surface area contributed by atoms with Crippen LogP contribution in [0.4, 0.5) is 0 Å². The number of nitrogens with zero attached hydrogens (tertiary/aromatic N) is 4. The van der Waals surface area contributed by atoms with E-state index in [1.807, 2.05) is 28.8 Å². The van der Waals surface area contributed by atoms with Crippen LogP contribution in [0.5, 0.6) is 0 Å². The topological polar surface area (TPSA) is 91.3 Å². The van der Waals surface area contributed by atoms with Gasteiger partial charge >= 0.3 is 5.97 Å². The number of hydrogen-bond donors (Lipinski definition) is 1. The zero-order valence-electron chi connectivity index (χ0n) is 14.4. The molecule has 4 aromatic rings. The van der Waals surface area contributed by atoms with Gasteiger partial charge in [-0.25, -0.2) is 9.78 Å². The van der Waals surface area contributed by atoms with Crippen molar-refractivity contribution in [3.63, 3.8) is 0 Å². The molecule has 2 aromatic carbocycles. The van der Waals surface area contributed by atoms with Crippen LogP contribution in [-0.2, 0) is 0 Å². The van der Waals surface area contributed by atoms with Gasteiger partial charge in [0.05, 0.1) is 41.0 Å². The van der Waals surface area contributed by atoms with Gasteiger partial charge in [0.1, 0.15) is 0 Å². The SMILES string of the molecule is Cc1cc(-c2cn3c(-c4ccc(C#N)cc4)cnc3cn2)ccc1C(=O)O. The molecule has 0 aliphatic rings. The Morgan fingerprint density at radius 3 is 2.48 bits per heavy atom. The molecule has 6 nitrogen and oxygen atoms in total. The Hall–Kier alpha value is -3.98. The van der Waals surface area contributed by atoms with Gasteiger partial charge in [0.25, 0.3) is 0 Å². The molecule has 0 saturated heterocycles. The van der Waals surface area contributed by atoms with Crippen LogP contribution < -0.4 is 0 Å². The number of carboxylic acid groups (broad SMARTS) is 1. The van der Waals surface area contributed by atoms with Crippen molar-refractivity contribution in [1.82, 2.24) is 14.4 Å². The van der Waals surface area contributed by atoms with Gasteiger partial charge in [0.2, 0.25) is 0 Å². The minimum absolute atomic E-state index is 0.278. The molecule has 0 saturated carbocycles. The van der Waals surface area contributed by atoms with Gasteiger partial charge in [0, 0.05) is 17.3 Å². The Morgan fingerprint density at radius 1 is 1.07 bits per heavy atom. The van der Waals surface area contributed by atoms with Crippen LogP contribution in [0.3, 0.4) is 0 Å². The second-order valence-corrected chi connectivity index (χ2v) is 6.17. The van der Waals surface area contributed by atoms with Gasteiger partial charge in [-0.3, -0.25) is 9.38 Å². The Balaban J connectivity index is 1.81. The highest BCUT2D eigenvalue weighted by Gasteiger charge is 2.11. The lowest BCUT2D eigenvalue weighted by atomic mass is 10.0. The first-order chi connectivity index (χ1) is 13.1. The molecule has 2 heterocycles. The molecule has 0 amide bonds. The van der Waals surface area contributed by atoms with Crippen molar-refractivity contribution < 1.29 is 9.90 Å². The highest BCUT2D eigenvalue weighted by molar-refractivity contribution is 5.90. The van der Waals surface area contributed by atoms with Gasteiger partial charge in [-0.05, 0) is 36.8 Å². The molecule has 0 fully saturated rings. The number of rotatable bonds is 3. The minimum Gasteiger partial charge on any atom is -0.478 e. The Labute approximate surface area is 155 Å². The molecule has 0 atom stereocenters. The summed E-state index contributed by atoms with van der Waals surface area (Å²) in [6.45, 7) is 1.77. The van der Waals surface area contributed by atoms with Crippen molar-refractivity contribution in [3.8, 4) is 28.6 Å². The summed E-state index contributed by atoms with van der Waals surface area (Å²) in [5.41, 5.74) is 5.64. The number of benzene rings is 2. The maximum atomic E-state index is 11.2. The van der Waals surface area contributed by atoms with E-state index >= 15 is 0 Å². The molecule has 0 spiro atoms. The van der Waals surface area contributed by atoms with Gasteiger partial charge in [0.15, 0.2) is 5.65 Å². The van der Waals surface area contributed by atoms with Gasteiger partial charge < -0.3 is 5.11 Å². The molecule has 0 aliphatic heterocycles. The molecule has 1 N–H and O–H groups in total. The van der Waals surface area contributed by atoms with Crippen LogP contribution in [0.1, 0.15) is 21.5 Å². The highest BCUT2D eigenvalue weighted by Crippen LogP contribution is 2.25. The number of carboxylic acids is 1. The molecule has 27 heavy (non-hydrogen) atoms. The molecule has 0 aliphatic carbocycles. The van der Waals surface area contributed by atoms with Crippen LogP contribution in [0.2, 0.25) is 0 Å². The zero-order valence-corrected chi connectivity index (χ0v) is 14.4. The van der Waals surface area contributed by atoms with E-state index in [1.54, 1.807) is 43.6 Å². The van der Waals surface area contributed by atoms with E-state index in [0.717, 1.165) is 22.5 Å². The van der Waals surface area contributed by atoms with Crippen LogP contribution in [0.15, 0.2) is 61.1 Å². The fourth-order valence-electron chi connectivity index (χ4n) is 3.03. The highest BCUT2D eigenvalue weighted by atomic mass is 16.4. The number of imidazole rings is 1. The molecule has 2 aromatic heterocycles. The van der Waals surface area contributed by atoms with Gasteiger partial charge in [-0.2, -0.15) is 5.26 Å². The quantitative estimate of drug-likeness (QED) is 0.602. The molecule has 130 valence electrons. The van der Waals surface area contributed by atoms with E-state index in [0.29, 0.717) is 16.8 Å². The fourth-order valence-corrected chi connectivity index (χ4v) is 3.03. The third-order valence-electron chi connectivity index (χ3n) is 4.46. The number of carbonyl (C=O) groups is 1. The maximum Gasteiger partial charge on any atom is 0.335 e. The summed E-state index contributed by atoms with van der Waals surface area (Å²) in [6, 6.07) is 14.6. The number of hydrogen-bond acceptors (Lipinski definition) is 4. The third-order valence-corrected chi connectivity index (χ3v) is 4.46. The third kappa shape index (κ3) is 2.92. The molecular weight excluding hydrogens is 340 g/mol. The van der Waals surface area contributed by atoms with E-state index in [-0.39, 0.29) is 5.56 Å². The molecule has 0 bridgehead atoms. The largest absolute Gasteiger partial charge is 0.478 e. The summed E-state index contributed by atoms with van der Waals surface area (Å²) < 4.78 is 1.93. The van der Waals surface area contributed by atoms with E-state index in [2.05, 4.69) is 16.0 Å². The smallest absolute Gasteiger partial charge is 0.335 e. The van der Waals surface area contributed by atoms with Gasteiger partial charge in [-0.15, -0.1) is 0 Å². The predicted octanol–water partition coefficient (Wildman–Crippen LogP) is 3.94. The number of aryl methyl sites for hydroxylation is 1. The first-order valence-electron chi connectivity index (χ1n) is 8.25. The molecule has 0 unspecified atom stereocenters. The Kier molecular flexibility index (Phi) is 3.90. The van der Waals surface area contributed by atoms with Crippen LogP contribution in [0.25, 0.3) is 28.2 Å². The normalized spacial score (nSPS) is 10.7. The molecule has 4 rings (SSSR count). The summed E-state index contributed by atoms with van der Waals surface area (Å²) >= 11 is 0. The Morgan fingerprint density at radius 2 is 1.81 bits per heavy atom. The average Bonchev–Trinajstić information content (AvgIpc) is 3.11. The van der Waals surface area contributed by atoms with Crippen molar-refractivity contribution in [2.75, 3.05) is 0 Å². The molecular formula is C21H14N4O2. The Bertz CT molecular complexity index is 1220. The number of aromatic nitrogens is 3. The first kappa shape index (κ1) is 16.5. The summed E-state index contributed by atoms with van der Waals surface area (Å²) in [7, 11) is 0. The minimum atomic E-state index is -0.944. The average molecular weight is 354 g/mol. The molecule has 6 heteroatoms. The summed E-state index contributed by atoms with van der Waals surface area (Å²) in [5, 5.41) is 18.1. The number of nitriles is 1. The van der Waals surface area contributed by atoms with E-state index in [4.69, 9.17) is 5.26 Å². The lowest BCUT2D eigenvalue weighted by Crippen LogP contribution is -2.00. The number of aromatic carboxylic acids is 1. The second kappa shape index (κ2) is 6.39. The summed E-state index contributed by atoms with van der Waals surface area (Å²) in [6.07, 6.45) is 5.33. The number of fused-ring (bicyclic) bond motifs is 1. The van der Waals surface area contributed by atoms with Crippen LogP contribution in [-0.4, -0.2) is 25.4 Å². The monoisotopic (exact) mass is 354 g/mol. The predicted molar refractivity (Wildman–Crippen MR) is 100 cm³/mol. The maximum absolute atomic E-state index is 11.2. The van der Waals surface area contributed by atoms with E-state index in [1.165, 1.54) is 0 Å². The van der Waals surface area contributed by atoms with Crippen LogP contribution >= 0.6 is 0 Å². The van der Waals surface area contributed by atoms with Crippen molar-refractivity contribution >= 4 is 11.6 Å². The van der Waals surface area contributed by atoms with Gasteiger partial charge in [-0.1, -0.05) is 18.2 Å². The lowest BCUT2D eigenvalue weighted by molar-refractivity contribution is 0.0696. The van der Waals surface area contributed by atoms with Crippen LogP contribution in [0, 0.1) is 18.3 Å². The zero-order chi connectivity index (χ0) is 19.0. The first-order valence-corrected chi connectivity index (χ1v) is 8.25. The van der Waals surface area contributed by atoms with Crippen molar-refractivity contribution in [3.05, 3.63) is 77.7 Å². The van der Waals surface area contributed by atoms with Crippen molar-refractivity contribution in [2.24, 2.45) is 0 Å². The lowest BCUT2D eigenvalue weighted by Gasteiger charge is -2.07. The van der Waals surface area contributed by atoms with Crippen molar-refractivity contribution in [1.29, 1.82) is 5.26 Å². The summed E-state index contributed by atoms with van der Waals surface area (Å²) in [4.78, 5) is 20.0. The molecule has 0 radical (unpaired) electrons. The fraction of sp³-hybridized carbons (Fsp3) is 0.0476. The van der Waals surface area contributed by atoms with Crippen molar-refractivity contribution in [2.45, 2.75) is 6.92 Å². The summed E-state index contributed by atoms with van der Waals surface area (Å²) in [5.74, 6) is -0.944. The van der Waals surface area contributed by atoms with E-state index < -0.39 is 5.97 Å². The second-order valence-electron chi connectivity index (χ2n) is 6.17. The van der Waals surface area contributed by atoms with E-state index in [9.17, 15) is 9.90 Å².